The van der Waals surface area contributed by atoms with Crippen LogP contribution in [-0.2, 0) is 16.8 Å². The molecule has 6 nitrogen and oxygen atoms in total. The molecule has 0 spiro atoms. The number of ether oxygens (including phenoxy) is 1. The van der Waals surface area contributed by atoms with Gasteiger partial charge in [-0.05, 0) is 49.2 Å². The minimum absolute atomic E-state index is 0.0209. The van der Waals surface area contributed by atoms with E-state index in [1.165, 1.54) is 23.1 Å². The van der Waals surface area contributed by atoms with E-state index in [9.17, 15) is 14.0 Å². The third-order valence-corrected chi connectivity index (χ3v) is 5.86. The number of benzene rings is 2. The van der Waals surface area contributed by atoms with Crippen molar-refractivity contribution in [3.8, 4) is 5.75 Å². The summed E-state index contributed by atoms with van der Waals surface area (Å²) >= 11 is 0. The number of aromatic nitrogens is 1. The minimum Gasteiger partial charge on any atom is -0.497 e. The van der Waals surface area contributed by atoms with Crippen molar-refractivity contribution < 1.29 is 18.7 Å². The van der Waals surface area contributed by atoms with Gasteiger partial charge in [0.2, 0.25) is 0 Å². The van der Waals surface area contributed by atoms with E-state index in [0.717, 1.165) is 27.1 Å². The zero-order valence-electron chi connectivity index (χ0n) is 15.5. The number of fused-ring (bicyclic) bond motifs is 5. The first-order chi connectivity index (χ1) is 13.5. The van der Waals surface area contributed by atoms with Crippen LogP contribution >= 0.6 is 0 Å². The number of H-pyrrole nitrogens is 1. The van der Waals surface area contributed by atoms with Gasteiger partial charge in [-0.3, -0.25) is 4.79 Å². The van der Waals surface area contributed by atoms with Gasteiger partial charge in [-0.15, -0.1) is 0 Å². The molecule has 2 aromatic carbocycles. The van der Waals surface area contributed by atoms with Crippen molar-refractivity contribution in [2.24, 2.45) is 0 Å². The Labute approximate surface area is 160 Å². The molecule has 1 unspecified atom stereocenters. The maximum atomic E-state index is 14.4. The van der Waals surface area contributed by atoms with Crippen LogP contribution < -0.4 is 9.64 Å². The number of nitrogens with one attached hydrogen (secondary N) is 1. The molecule has 1 aromatic heterocycles. The van der Waals surface area contributed by atoms with Crippen LogP contribution in [0, 0.1) is 5.82 Å². The van der Waals surface area contributed by atoms with Crippen molar-refractivity contribution in [2.45, 2.75) is 18.9 Å². The molecule has 1 saturated heterocycles. The molecule has 28 heavy (non-hydrogen) atoms. The van der Waals surface area contributed by atoms with Gasteiger partial charge in [0.05, 0.1) is 18.5 Å². The molecule has 0 aliphatic carbocycles. The van der Waals surface area contributed by atoms with Crippen LogP contribution in [0.15, 0.2) is 42.5 Å². The van der Waals surface area contributed by atoms with Crippen molar-refractivity contribution in [3.63, 3.8) is 0 Å². The Morgan fingerprint density at radius 1 is 1.18 bits per heavy atom. The van der Waals surface area contributed by atoms with Crippen molar-refractivity contribution >= 4 is 28.5 Å². The van der Waals surface area contributed by atoms with Gasteiger partial charge in [-0.2, -0.15) is 0 Å². The molecule has 3 amide bonds. The molecule has 0 radical (unpaired) electrons. The van der Waals surface area contributed by atoms with Gasteiger partial charge >= 0.3 is 6.03 Å². The Morgan fingerprint density at radius 3 is 2.71 bits per heavy atom. The molecular formula is C21H18FN3O3. The number of methoxy groups -OCH3 is 1. The van der Waals surface area contributed by atoms with Crippen molar-refractivity contribution in [2.75, 3.05) is 18.6 Å². The molecule has 3 aromatic rings. The van der Waals surface area contributed by atoms with Gasteiger partial charge in [0.25, 0.3) is 5.91 Å². The Hall–Kier alpha value is -3.35. The quantitative estimate of drug-likeness (QED) is 0.693. The van der Waals surface area contributed by atoms with Crippen LogP contribution in [-0.4, -0.2) is 35.5 Å². The van der Waals surface area contributed by atoms with Gasteiger partial charge in [0.1, 0.15) is 11.6 Å². The summed E-state index contributed by atoms with van der Waals surface area (Å²) in [6, 6.07) is 11.0. The molecule has 7 heteroatoms. The number of halogens is 1. The zero-order valence-corrected chi connectivity index (χ0v) is 15.5. The highest BCUT2D eigenvalue weighted by atomic mass is 19.1. The van der Waals surface area contributed by atoms with Gasteiger partial charge in [-0.25, -0.2) is 14.1 Å². The van der Waals surface area contributed by atoms with E-state index in [-0.39, 0.29) is 5.69 Å². The fourth-order valence-corrected chi connectivity index (χ4v) is 4.39. The van der Waals surface area contributed by atoms with E-state index in [0.29, 0.717) is 18.7 Å². The number of hydrogen-bond acceptors (Lipinski definition) is 3. The summed E-state index contributed by atoms with van der Waals surface area (Å²) in [7, 11) is 1.61. The number of hydrogen-bond donors (Lipinski definition) is 1. The SMILES string of the molecule is COc1ccc2[nH]c3c(c2c1)CCN1C(=O)N(c2ccccc2F)C(=O)C31C. The summed E-state index contributed by atoms with van der Waals surface area (Å²) in [4.78, 5) is 32.3. The van der Waals surface area contributed by atoms with Gasteiger partial charge < -0.3 is 14.6 Å². The summed E-state index contributed by atoms with van der Waals surface area (Å²) in [6.45, 7) is 2.10. The Morgan fingerprint density at radius 2 is 1.96 bits per heavy atom. The van der Waals surface area contributed by atoms with E-state index in [2.05, 4.69) is 4.98 Å². The van der Waals surface area contributed by atoms with E-state index in [1.54, 1.807) is 20.1 Å². The smallest absolute Gasteiger partial charge is 0.332 e. The molecule has 1 atom stereocenters. The largest absolute Gasteiger partial charge is 0.497 e. The zero-order chi connectivity index (χ0) is 19.6. The van der Waals surface area contributed by atoms with Gasteiger partial charge in [0.15, 0.2) is 5.54 Å². The van der Waals surface area contributed by atoms with Crippen LogP contribution in [0.25, 0.3) is 10.9 Å². The topological polar surface area (TPSA) is 65.6 Å². The lowest BCUT2D eigenvalue weighted by Gasteiger charge is -2.35. The fourth-order valence-electron chi connectivity index (χ4n) is 4.39. The first kappa shape index (κ1) is 16.8. The first-order valence-corrected chi connectivity index (χ1v) is 9.06. The second kappa shape index (κ2) is 5.58. The molecule has 0 saturated carbocycles. The molecule has 3 heterocycles. The maximum absolute atomic E-state index is 14.4. The van der Waals surface area contributed by atoms with Gasteiger partial charge in [0, 0.05) is 17.4 Å². The van der Waals surface area contributed by atoms with E-state index < -0.39 is 23.3 Å². The summed E-state index contributed by atoms with van der Waals surface area (Å²) < 4.78 is 19.7. The van der Waals surface area contributed by atoms with Crippen LogP contribution in [0.5, 0.6) is 5.75 Å². The van der Waals surface area contributed by atoms with Gasteiger partial charge in [-0.1, -0.05) is 12.1 Å². The predicted octanol–water partition coefficient (Wildman–Crippen LogP) is 3.56. The average Bonchev–Trinajstić information content (AvgIpc) is 3.16. The summed E-state index contributed by atoms with van der Waals surface area (Å²) in [5.74, 6) is -0.333. The van der Waals surface area contributed by atoms with Crippen LogP contribution in [0.1, 0.15) is 18.2 Å². The van der Waals surface area contributed by atoms with Crippen molar-refractivity contribution in [1.29, 1.82) is 0 Å². The molecule has 2 aliphatic rings. The molecule has 2 aliphatic heterocycles. The highest BCUT2D eigenvalue weighted by Gasteiger charge is 2.59. The number of imide groups is 1. The lowest BCUT2D eigenvalue weighted by Crippen LogP contribution is -2.49. The lowest BCUT2D eigenvalue weighted by molar-refractivity contribution is -0.125. The summed E-state index contributed by atoms with van der Waals surface area (Å²) in [5, 5.41) is 0.972. The number of anilines is 1. The molecule has 5 rings (SSSR count). The van der Waals surface area contributed by atoms with E-state index >= 15 is 0 Å². The normalized spacial score (nSPS) is 21.2. The molecule has 1 N–H and O–H groups in total. The Balaban J connectivity index is 1.70. The highest BCUT2D eigenvalue weighted by Crippen LogP contribution is 2.45. The van der Waals surface area contributed by atoms with Crippen LogP contribution in [0.2, 0.25) is 0 Å². The maximum Gasteiger partial charge on any atom is 0.332 e. The molecular weight excluding hydrogens is 361 g/mol. The number of para-hydroxylation sites is 1. The molecule has 0 bridgehead atoms. The average molecular weight is 379 g/mol. The molecule has 142 valence electrons. The van der Waals surface area contributed by atoms with Crippen molar-refractivity contribution in [3.05, 3.63) is 59.5 Å². The number of amides is 3. The van der Waals surface area contributed by atoms with E-state index in [4.69, 9.17) is 4.74 Å². The number of carbonyl (C=O) groups is 2. The fraction of sp³-hybridized carbons (Fsp3) is 0.238. The Kier molecular flexibility index (Phi) is 3.34. The number of rotatable bonds is 2. The summed E-state index contributed by atoms with van der Waals surface area (Å²) in [5.41, 5.74) is 1.31. The van der Waals surface area contributed by atoms with Crippen molar-refractivity contribution in [1.82, 2.24) is 9.88 Å². The number of carbonyl (C=O) groups excluding carboxylic acids is 2. The lowest BCUT2D eigenvalue weighted by atomic mass is 9.87. The van der Waals surface area contributed by atoms with Crippen LogP contribution in [0.3, 0.4) is 0 Å². The summed E-state index contributed by atoms with van der Waals surface area (Å²) in [6.07, 6.45) is 0.599. The highest BCUT2D eigenvalue weighted by molar-refractivity contribution is 6.23. The monoisotopic (exact) mass is 379 g/mol. The minimum atomic E-state index is -1.21. The van der Waals surface area contributed by atoms with Crippen LogP contribution in [0.4, 0.5) is 14.9 Å². The third kappa shape index (κ3) is 1.96. The first-order valence-electron chi connectivity index (χ1n) is 9.06. The van der Waals surface area contributed by atoms with E-state index in [1.807, 2.05) is 18.2 Å². The second-order valence-electron chi connectivity index (χ2n) is 7.24. The standard InChI is InChI=1S/C21H18FN3O3/c1-21-18-13(14-11-12(28-2)7-8-16(14)23-18)9-10-24(21)20(27)25(19(21)26)17-6-4-3-5-15(17)22/h3-8,11,23H,9-10H2,1-2H3. The number of urea groups is 1. The predicted molar refractivity (Wildman–Crippen MR) is 102 cm³/mol. The number of aromatic amines is 1. The second-order valence-corrected chi connectivity index (χ2v) is 7.24. The molecule has 1 fully saturated rings. The number of nitrogens with zero attached hydrogens (tertiary/aromatic N) is 2. The third-order valence-electron chi connectivity index (χ3n) is 5.86. The Bertz CT molecular complexity index is 1160.